The van der Waals surface area contributed by atoms with E-state index in [2.05, 4.69) is 5.16 Å². The van der Waals surface area contributed by atoms with Gasteiger partial charge in [-0.2, -0.15) is 0 Å². The summed E-state index contributed by atoms with van der Waals surface area (Å²) in [6.45, 7) is 6.02. The van der Waals surface area contributed by atoms with Crippen molar-refractivity contribution in [2.75, 3.05) is 6.61 Å². The topological polar surface area (TPSA) is 65.2 Å². The number of aromatic nitrogens is 2. The summed E-state index contributed by atoms with van der Waals surface area (Å²) in [5.41, 5.74) is 3.78. The second kappa shape index (κ2) is 7.61. The quantitative estimate of drug-likeness (QED) is 0.622. The molecule has 0 saturated carbocycles. The number of thiazole rings is 1. The second-order valence-electron chi connectivity index (χ2n) is 5.71. The molecule has 0 aliphatic carbocycles. The second-order valence-corrected chi connectivity index (χ2v) is 6.87. The highest BCUT2D eigenvalue weighted by Crippen LogP contribution is 2.31. The zero-order chi connectivity index (χ0) is 17.8. The van der Waals surface area contributed by atoms with Crippen LogP contribution in [0.5, 0.6) is 0 Å². The van der Waals surface area contributed by atoms with E-state index in [-0.39, 0.29) is 12.4 Å². The third-order valence-electron chi connectivity index (χ3n) is 3.91. The van der Waals surface area contributed by atoms with Gasteiger partial charge in [-0.15, -0.1) is 11.3 Å². The summed E-state index contributed by atoms with van der Waals surface area (Å²) >= 11 is 1.54. The average Bonchev–Trinajstić information content (AvgIpc) is 3.14. The number of rotatable bonds is 6. The van der Waals surface area contributed by atoms with Crippen LogP contribution in [0.25, 0.3) is 11.3 Å². The molecule has 0 spiro atoms. The van der Waals surface area contributed by atoms with Gasteiger partial charge in [0, 0.05) is 22.4 Å². The molecule has 5 nitrogen and oxygen atoms in total. The average molecular weight is 356 g/mol. The zero-order valence-corrected chi connectivity index (χ0v) is 15.4. The van der Waals surface area contributed by atoms with Crippen LogP contribution in [-0.4, -0.2) is 22.7 Å². The maximum atomic E-state index is 12.0. The maximum Gasteiger partial charge on any atom is 0.311 e. The van der Waals surface area contributed by atoms with Crippen molar-refractivity contribution < 1.29 is 14.1 Å². The number of hydrogen-bond donors (Lipinski definition) is 0. The van der Waals surface area contributed by atoms with Crippen molar-refractivity contribution in [1.29, 1.82) is 0 Å². The lowest BCUT2D eigenvalue weighted by atomic mass is 10.1. The van der Waals surface area contributed by atoms with Crippen molar-refractivity contribution in [2.45, 2.75) is 33.6 Å². The highest BCUT2D eigenvalue weighted by Gasteiger charge is 2.19. The van der Waals surface area contributed by atoms with Gasteiger partial charge in [-0.3, -0.25) is 4.79 Å². The molecule has 0 atom stereocenters. The predicted molar refractivity (Wildman–Crippen MR) is 96.7 cm³/mol. The summed E-state index contributed by atoms with van der Waals surface area (Å²) in [5.74, 6) is 0.577. The fourth-order valence-corrected chi connectivity index (χ4v) is 3.75. The van der Waals surface area contributed by atoms with Crippen LogP contribution in [0.1, 0.15) is 33.8 Å². The molecule has 25 heavy (non-hydrogen) atoms. The number of carbonyl (C=O) groups is 1. The maximum absolute atomic E-state index is 12.0. The Morgan fingerprint density at radius 1 is 1.24 bits per heavy atom. The van der Waals surface area contributed by atoms with Gasteiger partial charge in [-0.05, 0) is 20.8 Å². The summed E-state index contributed by atoms with van der Waals surface area (Å²) in [6.07, 6.45) is 0.881. The van der Waals surface area contributed by atoms with Gasteiger partial charge >= 0.3 is 5.97 Å². The smallest absolute Gasteiger partial charge is 0.311 e. The van der Waals surface area contributed by atoms with Gasteiger partial charge in [0.25, 0.3) is 0 Å². The van der Waals surface area contributed by atoms with E-state index in [1.807, 2.05) is 51.1 Å². The molecule has 130 valence electrons. The Morgan fingerprint density at radius 3 is 2.64 bits per heavy atom. The highest BCUT2D eigenvalue weighted by molar-refractivity contribution is 7.12. The van der Waals surface area contributed by atoms with Crippen molar-refractivity contribution in [1.82, 2.24) is 10.1 Å². The fourth-order valence-electron chi connectivity index (χ4n) is 2.67. The van der Waals surface area contributed by atoms with E-state index in [0.29, 0.717) is 13.0 Å². The first-order chi connectivity index (χ1) is 12.1. The highest BCUT2D eigenvalue weighted by atomic mass is 32.1. The first-order valence-corrected chi connectivity index (χ1v) is 9.01. The largest absolute Gasteiger partial charge is 0.466 e. The third-order valence-corrected chi connectivity index (χ3v) is 4.96. The Kier molecular flexibility index (Phi) is 5.28. The van der Waals surface area contributed by atoms with Crippen LogP contribution in [0, 0.1) is 13.8 Å². The van der Waals surface area contributed by atoms with E-state index in [0.717, 1.165) is 38.2 Å². The minimum absolute atomic E-state index is 0.229. The van der Waals surface area contributed by atoms with Crippen molar-refractivity contribution in [3.8, 4) is 11.3 Å². The van der Waals surface area contributed by atoms with Gasteiger partial charge in [-0.1, -0.05) is 35.5 Å². The van der Waals surface area contributed by atoms with Crippen LogP contribution >= 0.6 is 11.3 Å². The zero-order valence-electron chi connectivity index (χ0n) is 14.5. The number of ether oxygens (including phenoxy) is 1. The van der Waals surface area contributed by atoms with Crippen molar-refractivity contribution >= 4 is 17.3 Å². The van der Waals surface area contributed by atoms with Gasteiger partial charge in [0.1, 0.15) is 5.76 Å². The molecule has 0 aliphatic rings. The standard InChI is InChI=1S/C19H20N2O3S/c1-4-23-18(22)11-16-19(14-8-6-5-7-9-14)20-17(25-16)10-15-12(2)21-24-13(15)3/h5-9H,4,10-11H2,1-3H3. The van der Waals surface area contributed by atoms with Crippen LogP contribution in [0.2, 0.25) is 0 Å². The SMILES string of the molecule is CCOC(=O)Cc1sc(Cc2c(C)noc2C)nc1-c1ccccc1. The van der Waals surface area contributed by atoms with E-state index >= 15 is 0 Å². The number of esters is 1. The first kappa shape index (κ1) is 17.4. The van der Waals surface area contributed by atoms with Crippen LogP contribution in [-0.2, 0) is 22.4 Å². The minimum atomic E-state index is -0.229. The molecule has 6 heteroatoms. The molecule has 0 fully saturated rings. The Bertz CT molecular complexity index is 849. The molecule has 3 rings (SSSR count). The summed E-state index contributed by atoms with van der Waals surface area (Å²) in [5, 5.41) is 4.94. The fraction of sp³-hybridized carbons (Fsp3) is 0.316. The van der Waals surface area contributed by atoms with Gasteiger partial charge < -0.3 is 9.26 Å². The Hall–Kier alpha value is -2.47. The molecule has 0 amide bonds. The Labute approximate surface area is 150 Å². The van der Waals surface area contributed by atoms with E-state index in [9.17, 15) is 4.79 Å². The van der Waals surface area contributed by atoms with E-state index in [4.69, 9.17) is 14.2 Å². The summed E-state index contributed by atoms with van der Waals surface area (Å²) in [7, 11) is 0. The molecule has 0 aliphatic heterocycles. The Balaban J connectivity index is 1.95. The Morgan fingerprint density at radius 2 is 2.00 bits per heavy atom. The van der Waals surface area contributed by atoms with Gasteiger partial charge in [0.15, 0.2) is 0 Å². The summed E-state index contributed by atoms with van der Waals surface area (Å²) in [4.78, 5) is 17.7. The van der Waals surface area contributed by atoms with Crippen LogP contribution in [0.4, 0.5) is 0 Å². The molecule has 0 saturated heterocycles. The lowest BCUT2D eigenvalue weighted by molar-refractivity contribution is -0.142. The van der Waals surface area contributed by atoms with E-state index in [1.54, 1.807) is 11.3 Å². The molecule has 0 unspecified atom stereocenters. The minimum Gasteiger partial charge on any atom is -0.466 e. The van der Waals surface area contributed by atoms with Gasteiger partial charge in [0.05, 0.1) is 29.4 Å². The van der Waals surface area contributed by atoms with Crippen LogP contribution in [0.3, 0.4) is 0 Å². The van der Waals surface area contributed by atoms with Crippen molar-refractivity contribution in [3.63, 3.8) is 0 Å². The van der Waals surface area contributed by atoms with Crippen molar-refractivity contribution in [2.24, 2.45) is 0 Å². The van der Waals surface area contributed by atoms with E-state index in [1.165, 1.54) is 0 Å². The lowest BCUT2D eigenvalue weighted by Crippen LogP contribution is -2.07. The molecular weight excluding hydrogens is 336 g/mol. The van der Waals surface area contributed by atoms with Gasteiger partial charge in [-0.25, -0.2) is 4.98 Å². The number of carbonyl (C=O) groups excluding carboxylic acids is 1. The molecule has 2 heterocycles. The third kappa shape index (κ3) is 3.96. The van der Waals surface area contributed by atoms with Crippen LogP contribution in [0.15, 0.2) is 34.9 Å². The lowest BCUT2D eigenvalue weighted by Gasteiger charge is -2.02. The monoisotopic (exact) mass is 356 g/mol. The first-order valence-electron chi connectivity index (χ1n) is 8.19. The number of nitrogens with zero attached hydrogens (tertiary/aromatic N) is 2. The van der Waals surface area contributed by atoms with E-state index < -0.39 is 0 Å². The number of hydrogen-bond acceptors (Lipinski definition) is 6. The predicted octanol–water partition coefficient (Wildman–Crippen LogP) is 4.11. The summed E-state index contributed by atoms with van der Waals surface area (Å²) < 4.78 is 10.3. The van der Waals surface area contributed by atoms with Crippen molar-refractivity contribution in [3.05, 3.63) is 57.2 Å². The molecule has 0 N–H and O–H groups in total. The van der Waals surface area contributed by atoms with Crippen LogP contribution < -0.4 is 0 Å². The molecule has 2 aromatic heterocycles. The molecule has 3 aromatic rings. The molecular formula is C19H20N2O3S. The molecule has 0 bridgehead atoms. The normalized spacial score (nSPS) is 10.8. The number of aryl methyl sites for hydroxylation is 2. The molecule has 1 aromatic carbocycles. The van der Waals surface area contributed by atoms with Gasteiger partial charge in [0.2, 0.25) is 0 Å². The molecule has 0 radical (unpaired) electrons. The number of benzene rings is 1. The summed E-state index contributed by atoms with van der Waals surface area (Å²) in [6, 6.07) is 9.91.